The zero-order valence-electron chi connectivity index (χ0n) is 13.6. The van der Waals surface area contributed by atoms with E-state index < -0.39 is 0 Å². The van der Waals surface area contributed by atoms with Crippen LogP contribution in [0, 0.1) is 5.92 Å². The molecule has 5 nitrogen and oxygen atoms in total. The summed E-state index contributed by atoms with van der Waals surface area (Å²) in [5.74, 6) is 1.35. The number of carbonyl (C=O) groups is 1. The molecule has 0 unspecified atom stereocenters. The molecule has 3 aliphatic rings. The summed E-state index contributed by atoms with van der Waals surface area (Å²) in [6.07, 6.45) is 5.75. The van der Waals surface area contributed by atoms with Gasteiger partial charge in [0.25, 0.3) is 5.91 Å². The third-order valence-electron chi connectivity index (χ3n) is 5.15. The van der Waals surface area contributed by atoms with E-state index in [1.165, 1.54) is 37.3 Å². The number of aromatic nitrogens is 1. The number of fused-ring (bicyclic) bond motifs is 3. The second-order valence-corrected chi connectivity index (χ2v) is 7.56. The molecule has 0 aromatic carbocycles. The van der Waals surface area contributed by atoms with Gasteiger partial charge < -0.3 is 10.1 Å². The topological polar surface area (TPSA) is 54.5 Å². The van der Waals surface area contributed by atoms with Gasteiger partial charge in [-0.05, 0) is 63.0 Å². The van der Waals surface area contributed by atoms with E-state index >= 15 is 0 Å². The highest BCUT2D eigenvalue weighted by molar-refractivity contribution is 7.15. The Kier molecular flexibility index (Phi) is 4.24. The van der Waals surface area contributed by atoms with Crippen LogP contribution >= 0.6 is 11.3 Å². The van der Waals surface area contributed by atoms with Crippen molar-refractivity contribution in [2.24, 2.45) is 5.92 Å². The quantitative estimate of drug-likeness (QED) is 0.926. The fourth-order valence-corrected chi connectivity index (χ4v) is 4.57. The Morgan fingerprint density at radius 2 is 2.00 bits per heavy atom. The smallest absolute Gasteiger partial charge is 0.261 e. The van der Waals surface area contributed by atoms with Crippen LogP contribution < -0.4 is 10.1 Å². The van der Waals surface area contributed by atoms with Crippen molar-refractivity contribution in [1.29, 1.82) is 0 Å². The largest absolute Gasteiger partial charge is 0.447 e. The van der Waals surface area contributed by atoms with Gasteiger partial charge in [0, 0.05) is 24.5 Å². The predicted octanol–water partition coefficient (Wildman–Crippen LogP) is 3.15. The van der Waals surface area contributed by atoms with Crippen LogP contribution in [0.2, 0.25) is 0 Å². The summed E-state index contributed by atoms with van der Waals surface area (Å²) in [5.41, 5.74) is 0. The lowest BCUT2D eigenvalue weighted by atomic mass is 9.79. The maximum Gasteiger partial charge on any atom is 0.261 e. The number of hydrogen-bond donors (Lipinski definition) is 1. The molecule has 3 aliphatic heterocycles. The zero-order chi connectivity index (χ0) is 16.5. The molecule has 5 heterocycles. The van der Waals surface area contributed by atoms with Gasteiger partial charge >= 0.3 is 0 Å². The van der Waals surface area contributed by atoms with E-state index in [4.69, 9.17) is 4.74 Å². The molecular weight excluding hydrogens is 322 g/mol. The van der Waals surface area contributed by atoms with Crippen LogP contribution in [0.15, 0.2) is 36.7 Å². The van der Waals surface area contributed by atoms with Gasteiger partial charge in [-0.3, -0.25) is 14.7 Å². The number of nitrogens with zero attached hydrogens (tertiary/aromatic N) is 2. The highest BCUT2D eigenvalue weighted by Crippen LogP contribution is 2.33. The van der Waals surface area contributed by atoms with Gasteiger partial charge in [-0.2, -0.15) is 0 Å². The lowest BCUT2D eigenvalue weighted by Crippen LogP contribution is -2.62. The maximum atomic E-state index is 12.6. The third-order valence-corrected chi connectivity index (χ3v) is 6.11. The maximum absolute atomic E-state index is 12.6. The number of pyridine rings is 1. The van der Waals surface area contributed by atoms with Gasteiger partial charge in [0.2, 0.25) is 0 Å². The van der Waals surface area contributed by atoms with Crippen molar-refractivity contribution < 1.29 is 9.53 Å². The molecular formula is C18H21N3O2S. The number of hydrogen-bond acceptors (Lipinski definition) is 5. The lowest BCUT2D eigenvalue weighted by Gasteiger charge is -2.49. The molecule has 126 valence electrons. The Hall–Kier alpha value is -1.92. The molecule has 0 spiro atoms. The first-order chi connectivity index (χ1) is 11.7. The summed E-state index contributed by atoms with van der Waals surface area (Å²) < 4.78 is 5.76. The Balaban J connectivity index is 1.42. The van der Waals surface area contributed by atoms with Crippen molar-refractivity contribution >= 4 is 17.2 Å². The molecule has 5 rings (SSSR count). The normalized spacial score (nSPS) is 28.5. The van der Waals surface area contributed by atoms with Crippen molar-refractivity contribution in [2.75, 3.05) is 13.1 Å². The van der Waals surface area contributed by atoms with Crippen LogP contribution in [0.25, 0.3) is 0 Å². The number of ether oxygens (including phenoxy) is 1. The van der Waals surface area contributed by atoms with Crippen LogP contribution in [-0.2, 0) is 0 Å². The molecule has 0 aliphatic carbocycles. The summed E-state index contributed by atoms with van der Waals surface area (Å²) in [6, 6.07) is 7.96. The fraction of sp³-hybridized carbons (Fsp3) is 0.444. The molecule has 24 heavy (non-hydrogen) atoms. The lowest BCUT2D eigenvalue weighted by molar-refractivity contribution is 0.0218. The number of nitrogens with one attached hydrogen (secondary N) is 1. The van der Waals surface area contributed by atoms with Crippen molar-refractivity contribution in [1.82, 2.24) is 15.2 Å². The van der Waals surface area contributed by atoms with Crippen LogP contribution in [0.1, 0.15) is 29.4 Å². The van der Waals surface area contributed by atoms with Gasteiger partial charge in [0.05, 0.1) is 4.88 Å². The Morgan fingerprint density at radius 1 is 1.25 bits per heavy atom. The SMILES string of the molecule is C[C@H]1[C@H](NC(=O)c2ccc(Oc3ccncc3)s2)C2CCN1CC2. The average molecular weight is 343 g/mol. The Morgan fingerprint density at radius 3 is 2.71 bits per heavy atom. The first kappa shape index (κ1) is 15.6. The highest BCUT2D eigenvalue weighted by Gasteiger charge is 2.40. The third kappa shape index (κ3) is 3.03. The molecule has 3 fully saturated rings. The van der Waals surface area contributed by atoms with Crippen molar-refractivity contribution in [3.05, 3.63) is 41.5 Å². The summed E-state index contributed by atoms with van der Waals surface area (Å²) in [6.45, 7) is 4.56. The standard InChI is InChI=1S/C18H21N3O2S/c1-12-17(13-6-10-21(12)11-7-13)20-18(22)15-2-3-16(24-15)23-14-4-8-19-9-5-14/h2-5,8-9,12-13,17H,6-7,10-11H2,1H3,(H,20,22)/t12-,17-/m0/s1. The van der Waals surface area contributed by atoms with E-state index in [-0.39, 0.29) is 11.9 Å². The number of carbonyl (C=O) groups excluding carboxylic acids is 1. The zero-order valence-corrected chi connectivity index (χ0v) is 14.5. The molecule has 0 radical (unpaired) electrons. The number of rotatable bonds is 4. The van der Waals surface area contributed by atoms with Crippen LogP contribution in [0.5, 0.6) is 10.8 Å². The molecule has 2 bridgehead atoms. The van der Waals surface area contributed by atoms with Gasteiger partial charge in [-0.1, -0.05) is 11.3 Å². The minimum Gasteiger partial charge on any atom is -0.447 e. The summed E-state index contributed by atoms with van der Waals surface area (Å²) in [7, 11) is 0. The van der Waals surface area contributed by atoms with Crippen LogP contribution in [0.3, 0.4) is 0 Å². The molecule has 3 saturated heterocycles. The molecule has 2 aromatic heterocycles. The number of amides is 1. The van der Waals surface area contributed by atoms with Gasteiger partial charge in [-0.15, -0.1) is 0 Å². The molecule has 1 N–H and O–H groups in total. The van der Waals surface area contributed by atoms with Crippen molar-refractivity contribution in [3.63, 3.8) is 0 Å². The fourth-order valence-electron chi connectivity index (χ4n) is 3.79. The van der Waals surface area contributed by atoms with Gasteiger partial charge in [0.1, 0.15) is 5.75 Å². The van der Waals surface area contributed by atoms with E-state index in [0.29, 0.717) is 21.9 Å². The van der Waals surface area contributed by atoms with Gasteiger partial charge in [0.15, 0.2) is 5.06 Å². The second kappa shape index (κ2) is 6.53. The van der Waals surface area contributed by atoms with Crippen molar-refractivity contribution in [3.8, 4) is 10.8 Å². The number of thiophene rings is 1. The number of piperidine rings is 3. The molecule has 2 aromatic rings. The van der Waals surface area contributed by atoms with Crippen molar-refractivity contribution in [2.45, 2.75) is 31.8 Å². The average Bonchev–Trinajstić information content (AvgIpc) is 3.08. The van der Waals surface area contributed by atoms with E-state index in [0.717, 1.165) is 5.75 Å². The molecule has 2 atom stereocenters. The minimum atomic E-state index is 0.00942. The van der Waals surface area contributed by atoms with E-state index in [1.807, 2.05) is 12.1 Å². The monoisotopic (exact) mass is 343 g/mol. The summed E-state index contributed by atoms with van der Waals surface area (Å²) >= 11 is 1.38. The highest BCUT2D eigenvalue weighted by atomic mass is 32.1. The summed E-state index contributed by atoms with van der Waals surface area (Å²) in [4.78, 5) is 19.8. The predicted molar refractivity (Wildman–Crippen MR) is 93.6 cm³/mol. The van der Waals surface area contributed by atoms with E-state index in [9.17, 15) is 4.79 Å². The Bertz CT molecular complexity index is 708. The first-order valence-corrected chi connectivity index (χ1v) is 9.25. The second-order valence-electron chi connectivity index (χ2n) is 6.52. The van der Waals surface area contributed by atoms with E-state index in [1.54, 1.807) is 24.5 Å². The summed E-state index contributed by atoms with van der Waals surface area (Å²) in [5, 5.41) is 3.97. The minimum absolute atomic E-state index is 0.00942. The van der Waals surface area contributed by atoms with Gasteiger partial charge in [-0.25, -0.2) is 0 Å². The van der Waals surface area contributed by atoms with E-state index in [2.05, 4.69) is 22.1 Å². The Labute approximate surface area is 145 Å². The molecule has 0 saturated carbocycles. The first-order valence-electron chi connectivity index (χ1n) is 8.43. The van der Waals surface area contributed by atoms with Crippen LogP contribution in [-0.4, -0.2) is 41.0 Å². The van der Waals surface area contributed by atoms with Crippen LogP contribution in [0.4, 0.5) is 0 Å². The molecule has 1 amide bonds. The molecule has 6 heteroatoms.